The van der Waals surface area contributed by atoms with Gasteiger partial charge in [0.1, 0.15) is 17.1 Å². The molecule has 0 saturated carbocycles. The number of benzene rings is 1. The Labute approximate surface area is 149 Å². The van der Waals surface area contributed by atoms with E-state index in [9.17, 15) is 9.59 Å². The van der Waals surface area contributed by atoms with Crippen molar-refractivity contribution in [1.82, 2.24) is 4.90 Å². The first-order valence-electron chi connectivity index (χ1n) is 7.33. The van der Waals surface area contributed by atoms with Gasteiger partial charge in [-0.05, 0) is 36.9 Å². The molecular formula is C17H18ClNO4S. The summed E-state index contributed by atoms with van der Waals surface area (Å²) in [7, 11) is 1.65. The Hall–Kier alpha value is -1.92. The zero-order valence-corrected chi connectivity index (χ0v) is 15.2. The van der Waals surface area contributed by atoms with Gasteiger partial charge in [-0.1, -0.05) is 18.5 Å². The number of carboxylic acids is 1. The molecule has 0 saturated heterocycles. The van der Waals surface area contributed by atoms with Crippen molar-refractivity contribution < 1.29 is 19.1 Å². The van der Waals surface area contributed by atoms with Gasteiger partial charge in [-0.15, -0.1) is 11.8 Å². The van der Waals surface area contributed by atoms with Gasteiger partial charge in [0, 0.05) is 17.0 Å². The Balaban J connectivity index is 2.21. The number of nitrogens with zero attached hydrogens (tertiary/aromatic N) is 1. The number of carbonyl (C=O) groups excluding carboxylic acids is 1. The van der Waals surface area contributed by atoms with Crippen molar-refractivity contribution >= 4 is 35.2 Å². The summed E-state index contributed by atoms with van der Waals surface area (Å²) in [6.07, 6.45) is 0. The lowest BCUT2D eigenvalue weighted by Crippen LogP contribution is -2.26. The third-order valence-electron chi connectivity index (χ3n) is 3.41. The molecule has 5 nitrogen and oxygen atoms in total. The van der Waals surface area contributed by atoms with Crippen LogP contribution in [0.15, 0.2) is 33.6 Å². The van der Waals surface area contributed by atoms with Crippen LogP contribution in [0.3, 0.4) is 0 Å². The Bertz CT molecular complexity index is 772. The third kappa shape index (κ3) is 4.13. The molecule has 24 heavy (non-hydrogen) atoms. The highest BCUT2D eigenvalue weighted by Gasteiger charge is 2.20. The van der Waals surface area contributed by atoms with E-state index < -0.39 is 5.97 Å². The maximum Gasteiger partial charge on any atom is 0.339 e. The van der Waals surface area contributed by atoms with Gasteiger partial charge >= 0.3 is 5.97 Å². The molecule has 7 heteroatoms. The summed E-state index contributed by atoms with van der Waals surface area (Å²) in [5.74, 6) is 0.361. The van der Waals surface area contributed by atoms with E-state index in [1.54, 1.807) is 43.9 Å². The number of aryl methyl sites for hydroxylation is 1. The Morgan fingerprint density at radius 3 is 2.58 bits per heavy atom. The average molecular weight is 368 g/mol. The molecule has 0 unspecified atom stereocenters. The van der Waals surface area contributed by atoms with Gasteiger partial charge in [-0.3, -0.25) is 4.79 Å². The summed E-state index contributed by atoms with van der Waals surface area (Å²) >= 11 is 7.55. The highest BCUT2D eigenvalue weighted by molar-refractivity contribution is 7.99. The fourth-order valence-electron chi connectivity index (χ4n) is 2.29. The second kappa shape index (κ2) is 7.77. The maximum absolute atomic E-state index is 12.7. The lowest BCUT2D eigenvalue weighted by molar-refractivity contribution is 0.0694. The van der Waals surface area contributed by atoms with Crippen molar-refractivity contribution in [3.05, 3.63) is 51.9 Å². The SMILES string of the molecule is CCSc1cc(Cl)ccc1C(=O)N(C)Cc1cc(C(=O)O)c(C)o1. The number of rotatable bonds is 6. The minimum absolute atomic E-state index is 0.111. The van der Waals surface area contributed by atoms with Gasteiger partial charge in [-0.2, -0.15) is 0 Å². The maximum atomic E-state index is 12.7. The van der Waals surface area contributed by atoms with Crippen LogP contribution in [0.1, 0.15) is 39.2 Å². The fourth-order valence-corrected chi connectivity index (χ4v) is 3.36. The largest absolute Gasteiger partial charge is 0.478 e. The number of carbonyl (C=O) groups is 2. The number of hydrogen-bond acceptors (Lipinski definition) is 4. The summed E-state index contributed by atoms with van der Waals surface area (Å²) in [5.41, 5.74) is 0.676. The van der Waals surface area contributed by atoms with Crippen LogP contribution in [0.2, 0.25) is 5.02 Å². The first-order valence-corrected chi connectivity index (χ1v) is 8.70. The van der Waals surface area contributed by atoms with Gasteiger partial charge in [0.05, 0.1) is 12.1 Å². The van der Waals surface area contributed by atoms with Crippen LogP contribution in [0.5, 0.6) is 0 Å². The molecule has 0 atom stereocenters. The molecule has 0 aliphatic rings. The van der Waals surface area contributed by atoms with E-state index in [2.05, 4.69) is 0 Å². The molecular weight excluding hydrogens is 350 g/mol. The Morgan fingerprint density at radius 1 is 1.29 bits per heavy atom. The van der Waals surface area contributed by atoms with Crippen molar-refractivity contribution in [3.8, 4) is 0 Å². The summed E-state index contributed by atoms with van der Waals surface area (Å²) in [6, 6.07) is 6.61. The first kappa shape index (κ1) is 18.4. The van der Waals surface area contributed by atoms with Crippen LogP contribution < -0.4 is 0 Å². The van der Waals surface area contributed by atoms with Crippen LogP contribution in [0.25, 0.3) is 0 Å². The van der Waals surface area contributed by atoms with E-state index in [-0.39, 0.29) is 18.0 Å². The highest BCUT2D eigenvalue weighted by atomic mass is 35.5. The molecule has 1 amide bonds. The number of halogens is 1. The lowest BCUT2D eigenvalue weighted by Gasteiger charge is -2.18. The van der Waals surface area contributed by atoms with Crippen LogP contribution in [0, 0.1) is 6.92 Å². The summed E-state index contributed by atoms with van der Waals surface area (Å²) < 4.78 is 5.43. The van der Waals surface area contributed by atoms with Gasteiger partial charge < -0.3 is 14.4 Å². The number of aromatic carboxylic acids is 1. The number of hydrogen-bond donors (Lipinski definition) is 1. The van der Waals surface area contributed by atoms with Crippen LogP contribution >= 0.6 is 23.4 Å². The second-order valence-electron chi connectivity index (χ2n) is 5.22. The van der Waals surface area contributed by atoms with E-state index in [0.717, 1.165) is 10.6 Å². The van der Waals surface area contributed by atoms with Gasteiger partial charge in [0.2, 0.25) is 0 Å². The van der Waals surface area contributed by atoms with Crippen LogP contribution in [0.4, 0.5) is 0 Å². The minimum atomic E-state index is -1.05. The predicted molar refractivity (Wildman–Crippen MR) is 94.1 cm³/mol. The topological polar surface area (TPSA) is 70.8 Å². The molecule has 0 bridgehead atoms. The zero-order valence-electron chi connectivity index (χ0n) is 13.6. The van der Waals surface area contributed by atoms with Crippen molar-refractivity contribution in [1.29, 1.82) is 0 Å². The molecule has 1 aromatic carbocycles. The normalized spacial score (nSPS) is 10.7. The standard InChI is InChI=1S/C17H18ClNO4S/c1-4-24-15-7-11(18)5-6-13(15)16(20)19(3)9-12-8-14(17(21)22)10(2)23-12/h5-8H,4,9H2,1-3H3,(H,21,22). The molecule has 0 fully saturated rings. The molecule has 1 aromatic heterocycles. The minimum Gasteiger partial charge on any atom is -0.478 e. The zero-order chi connectivity index (χ0) is 17.9. The molecule has 0 radical (unpaired) electrons. The van der Waals surface area contributed by atoms with E-state index in [1.807, 2.05) is 6.92 Å². The Morgan fingerprint density at radius 2 is 2.00 bits per heavy atom. The Kier molecular flexibility index (Phi) is 5.96. The summed E-state index contributed by atoms with van der Waals surface area (Å²) in [6.45, 7) is 3.78. The smallest absolute Gasteiger partial charge is 0.339 e. The van der Waals surface area contributed by atoms with Crippen LogP contribution in [-0.2, 0) is 6.54 Å². The molecule has 1 N–H and O–H groups in total. The van der Waals surface area contributed by atoms with E-state index in [0.29, 0.717) is 22.1 Å². The highest BCUT2D eigenvalue weighted by Crippen LogP contribution is 2.27. The number of amides is 1. The van der Waals surface area contributed by atoms with Crippen molar-refractivity contribution in [2.45, 2.75) is 25.3 Å². The molecule has 128 valence electrons. The number of carboxylic acid groups (broad SMARTS) is 1. The summed E-state index contributed by atoms with van der Waals surface area (Å²) in [5, 5.41) is 9.65. The van der Waals surface area contributed by atoms with Gasteiger partial charge in [-0.25, -0.2) is 4.79 Å². The van der Waals surface area contributed by atoms with Crippen LogP contribution in [-0.4, -0.2) is 34.7 Å². The lowest BCUT2D eigenvalue weighted by atomic mass is 10.2. The number of furan rings is 1. The molecule has 0 aliphatic carbocycles. The van der Waals surface area contributed by atoms with Crippen molar-refractivity contribution in [2.75, 3.05) is 12.8 Å². The fraction of sp³-hybridized carbons (Fsp3) is 0.294. The van der Waals surface area contributed by atoms with Crippen molar-refractivity contribution in [3.63, 3.8) is 0 Å². The molecule has 2 aromatic rings. The van der Waals surface area contributed by atoms with E-state index >= 15 is 0 Å². The monoisotopic (exact) mass is 367 g/mol. The van der Waals surface area contributed by atoms with E-state index in [1.165, 1.54) is 11.0 Å². The first-order chi connectivity index (χ1) is 11.3. The van der Waals surface area contributed by atoms with Gasteiger partial charge in [0.25, 0.3) is 5.91 Å². The quantitative estimate of drug-likeness (QED) is 0.770. The third-order valence-corrected chi connectivity index (χ3v) is 4.59. The molecule has 0 spiro atoms. The number of thioether (sulfide) groups is 1. The van der Waals surface area contributed by atoms with E-state index in [4.69, 9.17) is 21.1 Å². The average Bonchev–Trinajstić information content (AvgIpc) is 2.88. The molecule has 1 heterocycles. The van der Waals surface area contributed by atoms with Gasteiger partial charge in [0.15, 0.2) is 0 Å². The summed E-state index contributed by atoms with van der Waals surface area (Å²) in [4.78, 5) is 26.1. The predicted octanol–water partition coefficient (Wildman–Crippen LogP) is 4.32. The van der Waals surface area contributed by atoms with Crippen molar-refractivity contribution in [2.24, 2.45) is 0 Å². The second-order valence-corrected chi connectivity index (χ2v) is 6.96. The molecule has 2 rings (SSSR count). The molecule has 0 aliphatic heterocycles.